The van der Waals surface area contributed by atoms with Crippen LogP contribution in [0, 0.1) is 11.8 Å². The number of imidazole rings is 1. The van der Waals surface area contributed by atoms with Crippen LogP contribution in [-0.4, -0.2) is 77.0 Å². The first-order chi connectivity index (χ1) is 20.6. The number of carbonyl (C=O) groups is 1. The molecule has 1 aromatic carbocycles. The summed E-state index contributed by atoms with van der Waals surface area (Å²) in [5.74, 6) is 6.35. The summed E-state index contributed by atoms with van der Waals surface area (Å²) in [6, 6.07) is 10.3. The van der Waals surface area contributed by atoms with E-state index in [4.69, 9.17) is 0 Å². The number of benzene rings is 1. The number of hydrogen-bond donors (Lipinski definition) is 2. The van der Waals surface area contributed by atoms with Crippen molar-refractivity contribution in [3.63, 3.8) is 0 Å². The molecular weight excluding hydrogens is 557 g/mol. The molecule has 2 N–H and O–H groups in total. The lowest BCUT2D eigenvalue weighted by molar-refractivity contribution is -0.138. The third-order valence-electron chi connectivity index (χ3n) is 7.32. The lowest BCUT2D eigenvalue weighted by atomic mass is 10.0. The quantitative estimate of drug-likeness (QED) is 0.308. The summed E-state index contributed by atoms with van der Waals surface area (Å²) in [6.45, 7) is 6.28. The van der Waals surface area contributed by atoms with Gasteiger partial charge >= 0.3 is 12.2 Å². The number of rotatable bonds is 6. The van der Waals surface area contributed by atoms with Gasteiger partial charge in [0, 0.05) is 70.5 Å². The van der Waals surface area contributed by atoms with E-state index in [9.17, 15) is 18.0 Å². The number of urea groups is 1. The molecule has 5 rings (SSSR count). The van der Waals surface area contributed by atoms with Crippen molar-refractivity contribution >= 4 is 28.9 Å². The molecule has 12 heteroatoms. The maximum Gasteiger partial charge on any atom is 0.416 e. The zero-order chi connectivity index (χ0) is 30.6. The van der Waals surface area contributed by atoms with Gasteiger partial charge in [0.2, 0.25) is 0 Å². The van der Waals surface area contributed by atoms with Crippen LogP contribution in [0.2, 0.25) is 0 Å². The van der Waals surface area contributed by atoms with E-state index in [2.05, 4.69) is 44.3 Å². The third kappa shape index (κ3) is 7.43. The van der Waals surface area contributed by atoms with Crippen molar-refractivity contribution in [3.05, 3.63) is 83.4 Å². The zero-order valence-corrected chi connectivity index (χ0v) is 24.2. The Morgan fingerprint density at radius 3 is 2.47 bits per heavy atom. The van der Waals surface area contributed by atoms with Gasteiger partial charge in [-0.1, -0.05) is 18.9 Å². The predicted octanol–water partition coefficient (Wildman–Crippen LogP) is 5.00. The number of nitrogens with zero attached hydrogens (tertiary/aromatic N) is 6. The molecule has 1 aliphatic heterocycles. The number of carbonyl (C=O) groups excluding carboxylic acids is 1. The van der Waals surface area contributed by atoms with E-state index in [0.29, 0.717) is 24.3 Å². The van der Waals surface area contributed by atoms with Gasteiger partial charge in [-0.2, -0.15) is 13.2 Å². The van der Waals surface area contributed by atoms with Crippen LogP contribution in [0.3, 0.4) is 0 Å². The summed E-state index contributed by atoms with van der Waals surface area (Å²) in [7, 11) is 3.90. The van der Waals surface area contributed by atoms with Gasteiger partial charge < -0.3 is 15.1 Å². The lowest BCUT2D eigenvalue weighted by Crippen LogP contribution is -2.45. The highest BCUT2D eigenvalue weighted by atomic mass is 19.4. The van der Waals surface area contributed by atoms with E-state index in [-0.39, 0.29) is 23.6 Å². The van der Waals surface area contributed by atoms with Crippen molar-refractivity contribution in [2.45, 2.75) is 19.6 Å². The van der Waals surface area contributed by atoms with E-state index in [1.807, 2.05) is 46.6 Å². The third-order valence-corrected chi connectivity index (χ3v) is 7.32. The van der Waals surface area contributed by atoms with Gasteiger partial charge in [-0.15, -0.1) is 0 Å². The maximum absolute atomic E-state index is 14.0. The second kappa shape index (κ2) is 12.7. The topological polar surface area (TPSA) is 81.0 Å². The average Bonchev–Trinajstić information content (AvgIpc) is 3.39. The largest absolute Gasteiger partial charge is 0.416 e. The molecule has 0 unspecified atom stereocenters. The molecule has 9 nitrogen and oxygen atoms in total. The average molecular weight is 591 g/mol. The minimum Gasteiger partial charge on any atom is -0.376 e. The van der Waals surface area contributed by atoms with Crippen LogP contribution >= 0.6 is 0 Å². The van der Waals surface area contributed by atoms with Gasteiger partial charge in [-0.25, -0.2) is 14.8 Å². The van der Waals surface area contributed by atoms with Crippen LogP contribution < -0.4 is 15.5 Å². The van der Waals surface area contributed by atoms with E-state index >= 15 is 0 Å². The molecule has 224 valence electrons. The summed E-state index contributed by atoms with van der Waals surface area (Å²) >= 11 is 0. The standard InChI is InChI=1S/C31H33F3N8O/c1-4-40-13-15-41(16-14-40)20-23-6-7-24(18-27(23)31(32,33)34)37-30(43)38-28-17-22(11-12-35-28)5-8-25-19-36-29-10-9-26(39(2)3)21-42(25)29/h6-7,9-12,17-19,21H,4,13-16,20H2,1-3H3,(H2,35,37,38,43). The summed E-state index contributed by atoms with van der Waals surface area (Å²) in [5, 5.41) is 5.07. The minimum atomic E-state index is -4.56. The number of halogens is 3. The minimum absolute atomic E-state index is 0.0324. The van der Waals surface area contributed by atoms with E-state index < -0.39 is 17.8 Å². The monoisotopic (exact) mass is 590 g/mol. The smallest absolute Gasteiger partial charge is 0.376 e. The molecule has 1 saturated heterocycles. The van der Waals surface area contributed by atoms with Crippen LogP contribution in [0.4, 0.5) is 35.2 Å². The first-order valence-corrected chi connectivity index (χ1v) is 13.9. The number of pyridine rings is 2. The van der Waals surface area contributed by atoms with Crippen molar-refractivity contribution in [2.75, 3.05) is 62.4 Å². The fourth-order valence-corrected chi connectivity index (χ4v) is 4.88. The number of anilines is 3. The van der Waals surface area contributed by atoms with Gasteiger partial charge in [0.25, 0.3) is 0 Å². The molecule has 0 spiro atoms. The Balaban J connectivity index is 1.26. The molecule has 0 saturated carbocycles. The molecule has 1 fully saturated rings. The molecule has 3 aromatic heterocycles. The highest BCUT2D eigenvalue weighted by Crippen LogP contribution is 2.34. The molecule has 4 aromatic rings. The number of nitrogens with one attached hydrogen (secondary N) is 2. The molecule has 1 aliphatic rings. The van der Waals surface area contributed by atoms with Gasteiger partial charge in [-0.05, 0) is 54.4 Å². The molecule has 0 aliphatic carbocycles. The Kier molecular flexibility index (Phi) is 8.84. The Labute approximate surface area is 248 Å². The van der Waals surface area contributed by atoms with Gasteiger partial charge in [0.05, 0.1) is 17.4 Å². The van der Waals surface area contributed by atoms with Crippen LogP contribution in [0.5, 0.6) is 0 Å². The Hall–Kier alpha value is -4.60. The summed E-state index contributed by atoms with van der Waals surface area (Å²) < 4.78 is 43.8. The number of aromatic nitrogens is 3. The molecular formula is C31H33F3N8O. The first-order valence-electron chi connectivity index (χ1n) is 13.9. The first kappa shape index (κ1) is 29.9. The van der Waals surface area contributed by atoms with Crippen molar-refractivity contribution in [3.8, 4) is 11.8 Å². The number of likely N-dealkylation sites (N-methyl/N-ethyl adjacent to an activating group) is 1. The van der Waals surface area contributed by atoms with Crippen LogP contribution in [0.15, 0.2) is 61.1 Å². The second-order valence-electron chi connectivity index (χ2n) is 10.5. The van der Waals surface area contributed by atoms with E-state index in [0.717, 1.165) is 37.0 Å². The summed E-state index contributed by atoms with van der Waals surface area (Å²) in [6.07, 6.45) is 0.566. The molecule has 2 amide bonds. The van der Waals surface area contributed by atoms with E-state index in [1.165, 1.54) is 18.3 Å². The highest BCUT2D eigenvalue weighted by molar-refractivity contribution is 5.99. The molecule has 0 atom stereocenters. The van der Waals surface area contributed by atoms with Crippen molar-refractivity contribution in [2.24, 2.45) is 0 Å². The van der Waals surface area contributed by atoms with Crippen molar-refractivity contribution in [1.82, 2.24) is 24.2 Å². The number of piperazine rings is 1. The number of fused-ring (bicyclic) bond motifs is 1. The SMILES string of the molecule is CCN1CCN(Cc2ccc(NC(=O)Nc3cc(C#Cc4cnc5ccc(N(C)C)cn45)ccn3)cc2C(F)(F)F)CC1. The normalized spacial score (nSPS) is 14.3. The highest BCUT2D eigenvalue weighted by Gasteiger charge is 2.34. The molecule has 0 radical (unpaired) electrons. The van der Waals surface area contributed by atoms with Gasteiger partial charge in [0.15, 0.2) is 0 Å². The molecule has 43 heavy (non-hydrogen) atoms. The zero-order valence-electron chi connectivity index (χ0n) is 24.2. The molecule has 0 bridgehead atoms. The van der Waals surface area contributed by atoms with Gasteiger partial charge in [-0.3, -0.25) is 14.6 Å². The van der Waals surface area contributed by atoms with Crippen molar-refractivity contribution in [1.29, 1.82) is 0 Å². The fraction of sp³-hybridized carbons (Fsp3) is 0.323. The van der Waals surface area contributed by atoms with E-state index in [1.54, 1.807) is 18.3 Å². The van der Waals surface area contributed by atoms with Gasteiger partial charge in [0.1, 0.15) is 17.2 Å². The Bertz CT molecular complexity index is 1660. The number of amides is 2. The van der Waals surface area contributed by atoms with Crippen LogP contribution in [0.1, 0.15) is 29.3 Å². The predicted molar refractivity (Wildman–Crippen MR) is 161 cm³/mol. The second-order valence-corrected chi connectivity index (χ2v) is 10.5. The Morgan fingerprint density at radius 1 is 0.977 bits per heavy atom. The lowest BCUT2D eigenvalue weighted by Gasteiger charge is -2.34. The molecule has 4 heterocycles. The fourth-order valence-electron chi connectivity index (χ4n) is 4.88. The Morgan fingerprint density at radius 2 is 1.74 bits per heavy atom. The number of hydrogen-bond acceptors (Lipinski definition) is 6. The summed E-state index contributed by atoms with van der Waals surface area (Å²) in [5.41, 5.74) is 2.49. The summed E-state index contributed by atoms with van der Waals surface area (Å²) in [4.78, 5) is 27.5. The van der Waals surface area contributed by atoms with Crippen molar-refractivity contribution < 1.29 is 18.0 Å². The van der Waals surface area contributed by atoms with Crippen LogP contribution in [0.25, 0.3) is 5.65 Å². The maximum atomic E-state index is 14.0. The number of alkyl halides is 3. The van der Waals surface area contributed by atoms with Crippen LogP contribution in [-0.2, 0) is 12.7 Å².